The number of aliphatic hydroxyl groups excluding tert-OH is 1. The van der Waals surface area contributed by atoms with Crippen LogP contribution in [0.4, 0.5) is 0 Å². The lowest BCUT2D eigenvalue weighted by atomic mass is 9.95. The molecule has 2 aromatic carbocycles. The number of benzene rings is 2. The van der Waals surface area contributed by atoms with E-state index in [0.29, 0.717) is 25.7 Å². The fourth-order valence-electron chi connectivity index (χ4n) is 4.45. The van der Waals surface area contributed by atoms with Crippen molar-refractivity contribution in [3.05, 3.63) is 58.7 Å². The van der Waals surface area contributed by atoms with Crippen molar-refractivity contribution < 1.29 is 19.3 Å². The van der Waals surface area contributed by atoms with Gasteiger partial charge < -0.3 is 24.6 Å². The molecule has 0 unspecified atom stereocenters. The average molecular weight is 494 g/mol. The van der Waals surface area contributed by atoms with E-state index >= 15 is 0 Å². The molecular weight excluding hydrogens is 454 g/mol. The predicted octanol–water partition coefficient (Wildman–Crippen LogP) is 4.80. The maximum atomic E-state index is 9.66. The minimum absolute atomic E-state index is 0.0493. The fourth-order valence-corrected chi connectivity index (χ4v) is 4.45. The van der Waals surface area contributed by atoms with E-state index in [2.05, 4.69) is 66.6 Å². The molecule has 1 aliphatic rings. The van der Waals surface area contributed by atoms with Crippen LogP contribution in [0.15, 0.2) is 36.4 Å². The summed E-state index contributed by atoms with van der Waals surface area (Å²) >= 11 is 0. The number of aliphatic hydroxyl groups is 1. The van der Waals surface area contributed by atoms with Gasteiger partial charge in [-0.15, -0.1) is 5.10 Å². The molecule has 1 aromatic heterocycles. The number of aromatic nitrogens is 2. The van der Waals surface area contributed by atoms with Gasteiger partial charge in [-0.3, -0.25) is 5.10 Å². The van der Waals surface area contributed by atoms with Crippen molar-refractivity contribution >= 4 is 0 Å². The Balaban J connectivity index is 1.46. The molecule has 2 heterocycles. The van der Waals surface area contributed by atoms with Gasteiger partial charge in [0.15, 0.2) is 11.5 Å². The first-order valence-electron chi connectivity index (χ1n) is 12.8. The van der Waals surface area contributed by atoms with Gasteiger partial charge in [-0.05, 0) is 56.6 Å². The number of H-pyrrole nitrogens is 1. The number of rotatable bonds is 11. The van der Waals surface area contributed by atoms with Gasteiger partial charge in [0, 0.05) is 29.0 Å². The number of ether oxygens (including phenoxy) is 3. The molecule has 36 heavy (non-hydrogen) atoms. The second-order valence-corrected chi connectivity index (χ2v) is 10.6. The lowest BCUT2D eigenvalue weighted by Crippen LogP contribution is -2.26. The van der Waals surface area contributed by atoms with Crippen molar-refractivity contribution in [3.8, 4) is 28.6 Å². The van der Waals surface area contributed by atoms with E-state index in [1.165, 1.54) is 16.7 Å². The summed E-state index contributed by atoms with van der Waals surface area (Å²) < 4.78 is 17.5. The molecule has 7 nitrogen and oxygen atoms in total. The third-order valence-electron chi connectivity index (χ3n) is 6.45. The quantitative estimate of drug-likeness (QED) is 0.333. The van der Waals surface area contributed by atoms with Crippen molar-refractivity contribution in [2.24, 2.45) is 5.41 Å². The molecule has 0 aliphatic carbocycles. The Morgan fingerprint density at radius 2 is 1.81 bits per heavy atom. The number of aryl methyl sites for hydroxylation is 2. The Labute approximate surface area is 214 Å². The van der Waals surface area contributed by atoms with Gasteiger partial charge in [0.05, 0.1) is 18.9 Å². The van der Waals surface area contributed by atoms with E-state index < -0.39 is 0 Å². The minimum atomic E-state index is -0.346. The van der Waals surface area contributed by atoms with Crippen LogP contribution in [0.1, 0.15) is 48.9 Å². The van der Waals surface area contributed by atoms with Crippen molar-refractivity contribution in [2.45, 2.75) is 47.0 Å². The lowest BCUT2D eigenvalue weighted by Gasteiger charge is -2.22. The number of hydrogen-bond donors (Lipinski definition) is 3. The van der Waals surface area contributed by atoms with E-state index in [-0.39, 0.29) is 17.9 Å². The van der Waals surface area contributed by atoms with Gasteiger partial charge in [0.25, 0.3) is 0 Å². The van der Waals surface area contributed by atoms with Crippen LogP contribution in [0.2, 0.25) is 0 Å². The summed E-state index contributed by atoms with van der Waals surface area (Å²) in [6.07, 6.45) is 0.896. The highest BCUT2D eigenvalue weighted by Crippen LogP contribution is 2.36. The Bertz CT molecular complexity index is 1150. The van der Waals surface area contributed by atoms with E-state index in [1.54, 1.807) is 0 Å². The summed E-state index contributed by atoms with van der Waals surface area (Å²) in [5.74, 6) is 2.41. The molecule has 7 heteroatoms. The first-order valence-corrected chi connectivity index (χ1v) is 12.8. The van der Waals surface area contributed by atoms with Gasteiger partial charge in [-0.25, -0.2) is 0 Å². The summed E-state index contributed by atoms with van der Waals surface area (Å²) in [6, 6.07) is 12.7. The van der Waals surface area contributed by atoms with Crippen LogP contribution in [0.25, 0.3) is 11.3 Å². The monoisotopic (exact) mass is 493 g/mol. The fraction of sp³-hybridized carbons (Fsp3) is 0.483. The normalized spacial score (nSPS) is 14.1. The smallest absolute Gasteiger partial charge is 0.236 e. The summed E-state index contributed by atoms with van der Waals surface area (Å²) in [5, 5.41) is 21.0. The van der Waals surface area contributed by atoms with Crippen molar-refractivity contribution in [1.29, 1.82) is 0 Å². The van der Waals surface area contributed by atoms with Crippen LogP contribution in [0.3, 0.4) is 0 Å². The van der Waals surface area contributed by atoms with Crippen LogP contribution in [0, 0.1) is 19.3 Å². The van der Waals surface area contributed by atoms with E-state index in [0.717, 1.165) is 47.8 Å². The Morgan fingerprint density at radius 1 is 1.08 bits per heavy atom. The second-order valence-electron chi connectivity index (χ2n) is 10.6. The molecule has 0 radical (unpaired) electrons. The van der Waals surface area contributed by atoms with Crippen LogP contribution < -0.4 is 19.5 Å². The van der Waals surface area contributed by atoms with Crippen LogP contribution in [-0.2, 0) is 6.42 Å². The molecule has 3 N–H and O–H groups in total. The molecule has 1 atom stereocenters. The molecule has 0 spiro atoms. The van der Waals surface area contributed by atoms with Crippen LogP contribution in [0.5, 0.6) is 17.4 Å². The van der Waals surface area contributed by atoms with Crippen LogP contribution in [-0.4, -0.2) is 54.8 Å². The summed E-state index contributed by atoms with van der Waals surface area (Å²) in [6.45, 7) is 13.6. The molecule has 1 aliphatic heterocycles. The van der Waals surface area contributed by atoms with Crippen molar-refractivity contribution in [1.82, 2.24) is 15.5 Å². The van der Waals surface area contributed by atoms with E-state index in [1.807, 2.05) is 19.9 Å². The SMILES string of the molecule is Cc1cc(C)cc(-c2[nH]nc(OCC(C)(C)CO)c2[C@H](C)CNCCc2ccc3c(c2)OCCO3)c1. The maximum Gasteiger partial charge on any atom is 0.236 e. The standard InChI is InChI=1S/C29H39N3O4/c1-19-12-20(2)14-23(13-19)27-26(28(32-31-27)36-18-29(4,5)17-33)21(3)16-30-9-8-22-6-7-24-25(15-22)35-11-10-34-24/h6-7,12-15,21,30,33H,8-11,16-18H2,1-5H3,(H,31,32)/t21-/m1/s1. The topological polar surface area (TPSA) is 88.6 Å². The molecular formula is C29H39N3O4. The molecule has 0 saturated heterocycles. The van der Waals surface area contributed by atoms with Crippen LogP contribution >= 0.6 is 0 Å². The largest absolute Gasteiger partial charge is 0.486 e. The Kier molecular flexibility index (Phi) is 8.21. The molecule has 0 bridgehead atoms. The van der Waals surface area contributed by atoms with Crippen molar-refractivity contribution in [3.63, 3.8) is 0 Å². The summed E-state index contributed by atoms with van der Waals surface area (Å²) in [5.41, 5.74) is 6.43. The number of aromatic amines is 1. The Hall–Kier alpha value is -3.03. The van der Waals surface area contributed by atoms with E-state index in [4.69, 9.17) is 14.2 Å². The highest BCUT2D eigenvalue weighted by Gasteiger charge is 2.25. The molecule has 0 amide bonds. The minimum Gasteiger partial charge on any atom is -0.486 e. The third-order valence-corrected chi connectivity index (χ3v) is 6.45. The molecule has 0 fully saturated rings. The van der Waals surface area contributed by atoms with Gasteiger partial charge >= 0.3 is 0 Å². The first kappa shape index (κ1) is 26.0. The predicted molar refractivity (Wildman–Crippen MR) is 142 cm³/mol. The van der Waals surface area contributed by atoms with Gasteiger partial charge in [0.1, 0.15) is 13.2 Å². The zero-order chi connectivity index (χ0) is 25.7. The lowest BCUT2D eigenvalue weighted by molar-refractivity contribution is 0.0944. The maximum absolute atomic E-state index is 9.66. The van der Waals surface area contributed by atoms with Gasteiger partial charge in [0.2, 0.25) is 5.88 Å². The van der Waals surface area contributed by atoms with Gasteiger partial charge in [-0.1, -0.05) is 44.0 Å². The highest BCUT2D eigenvalue weighted by atomic mass is 16.6. The average Bonchev–Trinajstić information content (AvgIpc) is 3.29. The Morgan fingerprint density at radius 3 is 2.53 bits per heavy atom. The van der Waals surface area contributed by atoms with Crippen molar-refractivity contribution in [2.75, 3.05) is 39.5 Å². The zero-order valence-electron chi connectivity index (χ0n) is 22.1. The third kappa shape index (κ3) is 6.39. The molecule has 0 saturated carbocycles. The molecule has 4 rings (SSSR count). The van der Waals surface area contributed by atoms with Gasteiger partial charge in [-0.2, -0.15) is 0 Å². The highest BCUT2D eigenvalue weighted by molar-refractivity contribution is 5.67. The number of fused-ring (bicyclic) bond motifs is 1. The zero-order valence-corrected chi connectivity index (χ0v) is 22.1. The second kappa shape index (κ2) is 11.4. The molecule has 194 valence electrons. The summed E-state index contributed by atoms with van der Waals surface area (Å²) in [4.78, 5) is 0. The number of nitrogens with zero attached hydrogens (tertiary/aromatic N) is 1. The summed E-state index contributed by atoms with van der Waals surface area (Å²) in [7, 11) is 0. The molecule has 3 aromatic rings. The first-order chi connectivity index (χ1) is 17.3. The number of hydrogen-bond acceptors (Lipinski definition) is 6. The van der Waals surface area contributed by atoms with E-state index in [9.17, 15) is 5.11 Å². The number of nitrogens with one attached hydrogen (secondary N) is 2.